The summed E-state index contributed by atoms with van der Waals surface area (Å²) in [7, 11) is 0. The van der Waals surface area contributed by atoms with Gasteiger partial charge in [0.1, 0.15) is 11.6 Å². The van der Waals surface area contributed by atoms with Gasteiger partial charge in [-0.25, -0.2) is 9.59 Å². The van der Waals surface area contributed by atoms with Crippen molar-refractivity contribution in [2.24, 2.45) is 11.7 Å². The predicted octanol–water partition coefficient (Wildman–Crippen LogP) is 4.36. The third-order valence-corrected chi connectivity index (χ3v) is 3.92. The van der Waals surface area contributed by atoms with Gasteiger partial charge in [0, 0.05) is 0 Å². The third kappa shape index (κ3) is 9.25. The first kappa shape index (κ1) is 24.2. The maximum atomic E-state index is 11.3. The van der Waals surface area contributed by atoms with E-state index in [1.54, 1.807) is 34.6 Å². The van der Waals surface area contributed by atoms with Crippen molar-refractivity contribution in [1.29, 1.82) is 0 Å². The number of carbonyl (C=O) groups is 2. The molecule has 2 rings (SSSR count). The van der Waals surface area contributed by atoms with E-state index in [-0.39, 0.29) is 12.0 Å². The Bertz CT molecular complexity index is 716. The first-order valence-corrected chi connectivity index (χ1v) is 9.59. The second kappa shape index (κ2) is 11.2. The van der Waals surface area contributed by atoms with Crippen LogP contribution in [0.1, 0.15) is 51.8 Å². The molecule has 1 amide bonds. The van der Waals surface area contributed by atoms with Crippen LogP contribution in [0.5, 0.6) is 0 Å². The Morgan fingerprint density at radius 3 is 1.66 bits per heavy atom. The molecular formula is C23H32N2O4. The molecule has 0 fully saturated rings. The number of nitrogens with two attached hydrogens (primary N) is 1. The van der Waals surface area contributed by atoms with E-state index in [1.165, 1.54) is 0 Å². The van der Waals surface area contributed by atoms with Gasteiger partial charge in [-0.2, -0.15) is 0 Å². The summed E-state index contributed by atoms with van der Waals surface area (Å²) in [5, 5.41) is 11.1. The molecular weight excluding hydrogens is 368 g/mol. The maximum Gasteiger partial charge on any atom is 0.408 e. The van der Waals surface area contributed by atoms with Crippen LogP contribution in [0.15, 0.2) is 60.7 Å². The van der Waals surface area contributed by atoms with E-state index in [0.29, 0.717) is 0 Å². The maximum absolute atomic E-state index is 11.3. The van der Waals surface area contributed by atoms with Crippen LogP contribution in [0.4, 0.5) is 4.79 Å². The van der Waals surface area contributed by atoms with Crippen LogP contribution in [0.2, 0.25) is 0 Å². The average molecular weight is 401 g/mol. The van der Waals surface area contributed by atoms with Crippen LogP contribution in [-0.4, -0.2) is 28.8 Å². The Balaban J connectivity index is 0.000000290. The minimum absolute atomic E-state index is 0.0163. The second-order valence-electron chi connectivity index (χ2n) is 8.01. The summed E-state index contributed by atoms with van der Waals surface area (Å²) in [6.45, 7) is 8.60. The van der Waals surface area contributed by atoms with Crippen LogP contribution in [-0.2, 0) is 9.53 Å². The molecule has 0 bridgehead atoms. The number of hydrogen-bond acceptors (Lipinski definition) is 4. The van der Waals surface area contributed by atoms with Crippen molar-refractivity contribution in [3.63, 3.8) is 0 Å². The first-order chi connectivity index (χ1) is 13.5. The number of alkyl carbamates (subject to hydrolysis) is 1. The predicted molar refractivity (Wildman–Crippen MR) is 115 cm³/mol. The molecule has 0 radical (unpaired) electrons. The van der Waals surface area contributed by atoms with Crippen LogP contribution < -0.4 is 11.1 Å². The van der Waals surface area contributed by atoms with Crippen molar-refractivity contribution in [2.45, 2.75) is 52.3 Å². The number of amides is 1. The number of ether oxygens (including phenoxy) is 1. The highest BCUT2D eigenvalue weighted by atomic mass is 16.6. The summed E-state index contributed by atoms with van der Waals surface area (Å²) in [4.78, 5) is 22.1. The number of hydrogen-bond donors (Lipinski definition) is 3. The summed E-state index contributed by atoms with van der Waals surface area (Å²) >= 11 is 0. The van der Waals surface area contributed by atoms with Gasteiger partial charge in [0.05, 0.1) is 6.04 Å². The lowest BCUT2D eigenvalue weighted by molar-refractivity contribution is -0.140. The van der Waals surface area contributed by atoms with Gasteiger partial charge in [-0.3, -0.25) is 0 Å². The van der Waals surface area contributed by atoms with E-state index in [9.17, 15) is 9.59 Å². The molecule has 0 saturated carbocycles. The third-order valence-electron chi connectivity index (χ3n) is 3.92. The second-order valence-corrected chi connectivity index (χ2v) is 8.01. The molecule has 0 aliphatic carbocycles. The normalized spacial score (nSPS) is 12.0. The number of rotatable bonds is 5. The lowest BCUT2D eigenvalue weighted by Crippen LogP contribution is -2.46. The zero-order valence-electron chi connectivity index (χ0n) is 17.8. The molecule has 0 saturated heterocycles. The van der Waals surface area contributed by atoms with Crippen molar-refractivity contribution in [3.05, 3.63) is 71.8 Å². The van der Waals surface area contributed by atoms with Gasteiger partial charge in [-0.05, 0) is 37.8 Å². The quantitative estimate of drug-likeness (QED) is 0.692. The molecule has 6 nitrogen and oxygen atoms in total. The van der Waals surface area contributed by atoms with Gasteiger partial charge in [-0.1, -0.05) is 74.5 Å². The van der Waals surface area contributed by atoms with Gasteiger partial charge in [0.15, 0.2) is 0 Å². The van der Waals surface area contributed by atoms with E-state index < -0.39 is 23.7 Å². The lowest BCUT2D eigenvalue weighted by Gasteiger charge is -2.23. The molecule has 6 heteroatoms. The van der Waals surface area contributed by atoms with Crippen LogP contribution in [0, 0.1) is 5.92 Å². The van der Waals surface area contributed by atoms with Crippen LogP contribution in [0.25, 0.3) is 0 Å². The molecule has 1 atom stereocenters. The molecule has 4 N–H and O–H groups in total. The summed E-state index contributed by atoms with van der Waals surface area (Å²) in [5.74, 6) is -1.24. The molecule has 158 valence electrons. The average Bonchev–Trinajstić information content (AvgIpc) is 2.65. The molecule has 0 spiro atoms. The smallest absolute Gasteiger partial charge is 0.408 e. The van der Waals surface area contributed by atoms with E-state index >= 15 is 0 Å². The number of carboxylic acids is 1. The Kier molecular flexibility index (Phi) is 9.35. The van der Waals surface area contributed by atoms with Crippen LogP contribution in [0.3, 0.4) is 0 Å². The van der Waals surface area contributed by atoms with E-state index in [0.717, 1.165) is 11.1 Å². The molecule has 29 heavy (non-hydrogen) atoms. The number of carbonyl (C=O) groups excluding carboxylic acids is 1. The van der Waals surface area contributed by atoms with Crippen LogP contribution >= 0.6 is 0 Å². The highest BCUT2D eigenvalue weighted by molar-refractivity contribution is 5.80. The van der Waals surface area contributed by atoms with Crippen molar-refractivity contribution in [2.75, 3.05) is 0 Å². The molecule has 2 aromatic rings. The highest BCUT2D eigenvalue weighted by Crippen LogP contribution is 2.18. The lowest BCUT2D eigenvalue weighted by atomic mass is 10.00. The van der Waals surface area contributed by atoms with Gasteiger partial charge in [0.25, 0.3) is 0 Å². The van der Waals surface area contributed by atoms with Crippen molar-refractivity contribution in [1.82, 2.24) is 5.32 Å². The molecule has 0 aliphatic heterocycles. The van der Waals surface area contributed by atoms with E-state index in [1.807, 2.05) is 36.4 Å². The van der Waals surface area contributed by atoms with E-state index in [4.69, 9.17) is 15.6 Å². The number of aliphatic carboxylic acids is 1. The highest BCUT2D eigenvalue weighted by Gasteiger charge is 2.26. The standard InChI is InChI=1S/C13H13N.C10H19NO4/c14-13(11-7-3-1-4-8-11)12-9-5-2-6-10-12;1-6(2)7(8(12)13)11-9(14)15-10(3,4)5/h1-10,13H,14H2;6-7H,1-5H3,(H,11,14)(H,12,13)/t;7-/m.0/s1. The number of carboxylic acid groups (broad SMARTS) is 1. The monoisotopic (exact) mass is 400 g/mol. The fourth-order valence-electron chi connectivity index (χ4n) is 2.46. The minimum Gasteiger partial charge on any atom is -0.480 e. The topological polar surface area (TPSA) is 102 Å². The largest absolute Gasteiger partial charge is 0.480 e. The zero-order chi connectivity index (χ0) is 22.0. The van der Waals surface area contributed by atoms with Crippen molar-refractivity contribution >= 4 is 12.1 Å². The molecule has 0 aliphatic rings. The summed E-state index contributed by atoms with van der Waals surface area (Å²) in [6, 6.07) is 19.3. The molecule has 0 aromatic heterocycles. The zero-order valence-corrected chi connectivity index (χ0v) is 17.8. The number of nitrogens with one attached hydrogen (secondary N) is 1. The molecule has 2 aromatic carbocycles. The summed E-state index contributed by atoms with van der Waals surface area (Å²) < 4.78 is 4.96. The first-order valence-electron chi connectivity index (χ1n) is 9.59. The SMILES string of the molecule is CC(C)[C@H](NC(=O)OC(C)(C)C)C(=O)O.NC(c1ccccc1)c1ccccc1. The molecule has 0 heterocycles. The fourth-order valence-corrected chi connectivity index (χ4v) is 2.46. The summed E-state index contributed by atoms with van der Waals surface area (Å²) in [6.07, 6.45) is -0.705. The number of benzene rings is 2. The van der Waals surface area contributed by atoms with E-state index in [2.05, 4.69) is 29.6 Å². The Morgan fingerprint density at radius 2 is 1.34 bits per heavy atom. The van der Waals surface area contributed by atoms with Gasteiger partial charge < -0.3 is 20.9 Å². The Morgan fingerprint density at radius 1 is 0.931 bits per heavy atom. The Labute approximate surface area is 173 Å². The van der Waals surface area contributed by atoms with Gasteiger partial charge in [-0.15, -0.1) is 0 Å². The summed E-state index contributed by atoms with van der Waals surface area (Å²) in [5.41, 5.74) is 7.80. The van der Waals surface area contributed by atoms with Crippen molar-refractivity contribution in [3.8, 4) is 0 Å². The molecule has 0 unspecified atom stereocenters. The van der Waals surface area contributed by atoms with Crippen molar-refractivity contribution < 1.29 is 19.4 Å². The Hall–Kier alpha value is -2.86. The van der Waals surface area contributed by atoms with Gasteiger partial charge >= 0.3 is 12.1 Å². The minimum atomic E-state index is -1.06. The fraction of sp³-hybridized carbons (Fsp3) is 0.391. The van der Waals surface area contributed by atoms with Gasteiger partial charge in [0.2, 0.25) is 0 Å².